The third-order valence-electron chi connectivity index (χ3n) is 4.56. The molecular weight excluding hydrogens is 263 g/mol. The maximum Gasteiger partial charge on any atom is 0.407 e. The quantitative estimate of drug-likeness (QED) is 0.815. The average molecular weight is 285 g/mol. The molecule has 1 nitrogen and oxygen atoms in total. The van der Waals surface area contributed by atoms with Gasteiger partial charge in [0.2, 0.25) is 0 Å². The maximum absolute atomic E-state index is 13.2. The lowest BCUT2D eigenvalue weighted by Gasteiger charge is -2.31. The zero-order chi connectivity index (χ0) is 14.6. The summed E-state index contributed by atoms with van der Waals surface area (Å²) in [5, 5.41) is 2.78. The van der Waals surface area contributed by atoms with Crippen molar-refractivity contribution in [2.24, 2.45) is 5.41 Å². The van der Waals surface area contributed by atoms with Gasteiger partial charge in [0.1, 0.15) is 6.04 Å². The second-order valence-corrected chi connectivity index (χ2v) is 5.83. The Kier molecular flexibility index (Phi) is 4.74. The lowest BCUT2D eigenvalue weighted by atomic mass is 9.83. The highest BCUT2D eigenvalue weighted by Crippen LogP contribution is 2.41. The summed E-state index contributed by atoms with van der Waals surface area (Å²) < 4.78 is 39.7. The van der Waals surface area contributed by atoms with Crippen molar-refractivity contribution >= 4 is 0 Å². The summed E-state index contributed by atoms with van der Waals surface area (Å²) in [6.45, 7) is 2.53. The normalized spacial score (nSPS) is 20.0. The van der Waals surface area contributed by atoms with E-state index in [2.05, 4.69) is 12.2 Å². The molecule has 1 unspecified atom stereocenters. The van der Waals surface area contributed by atoms with E-state index >= 15 is 0 Å². The SMILES string of the molecule is CCC1(CNC(c2ccccc2)C(F)(F)F)CCCC1. The van der Waals surface area contributed by atoms with Crippen LogP contribution in [0.25, 0.3) is 0 Å². The van der Waals surface area contributed by atoms with Crippen LogP contribution in [-0.2, 0) is 0 Å². The molecule has 1 N–H and O–H groups in total. The second kappa shape index (κ2) is 6.17. The molecule has 4 heteroatoms. The minimum Gasteiger partial charge on any atom is -0.302 e. The van der Waals surface area contributed by atoms with Crippen molar-refractivity contribution in [2.45, 2.75) is 51.2 Å². The zero-order valence-corrected chi connectivity index (χ0v) is 11.8. The largest absolute Gasteiger partial charge is 0.407 e. The molecule has 0 aliphatic heterocycles. The van der Waals surface area contributed by atoms with Crippen LogP contribution in [0.1, 0.15) is 50.6 Å². The topological polar surface area (TPSA) is 12.0 Å². The molecular formula is C16H22F3N. The predicted molar refractivity (Wildman–Crippen MR) is 74.4 cm³/mol. The summed E-state index contributed by atoms with van der Waals surface area (Å²) >= 11 is 0. The van der Waals surface area contributed by atoms with Gasteiger partial charge in [0, 0.05) is 6.54 Å². The van der Waals surface area contributed by atoms with E-state index in [1.165, 1.54) is 0 Å². The van der Waals surface area contributed by atoms with E-state index in [0.29, 0.717) is 12.1 Å². The molecule has 0 spiro atoms. The summed E-state index contributed by atoms with van der Waals surface area (Å²) in [4.78, 5) is 0. The number of alkyl halides is 3. The predicted octanol–water partition coefficient (Wildman–Crippen LogP) is 4.85. The van der Waals surface area contributed by atoms with Gasteiger partial charge in [-0.2, -0.15) is 13.2 Å². The Morgan fingerprint density at radius 1 is 1.15 bits per heavy atom. The molecule has 0 radical (unpaired) electrons. The maximum atomic E-state index is 13.2. The lowest BCUT2D eigenvalue weighted by molar-refractivity contribution is -0.159. The second-order valence-electron chi connectivity index (χ2n) is 5.83. The molecule has 1 aromatic rings. The fourth-order valence-corrected chi connectivity index (χ4v) is 3.17. The number of hydrogen-bond acceptors (Lipinski definition) is 1. The van der Waals surface area contributed by atoms with E-state index < -0.39 is 12.2 Å². The van der Waals surface area contributed by atoms with Crippen LogP contribution in [0.3, 0.4) is 0 Å². The van der Waals surface area contributed by atoms with Crippen molar-refractivity contribution in [1.29, 1.82) is 0 Å². The van der Waals surface area contributed by atoms with Crippen LogP contribution in [0.5, 0.6) is 0 Å². The molecule has 0 aromatic heterocycles. The highest BCUT2D eigenvalue weighted by molar-refractivity contribution is 5.20. The smallest absolute Gasteiger partial charge is 0.302 e. The van der Waals surface area contributed by atoms with Gasteiger partial charge in [-0.1, -0.05) is 50.1 Å². The van der Waals surface area contributed by atoms with Gasteiger partial charge in [0.05, 0.1) is 0 Å². The molecule has 0 amide bonds. The third-order valence-corrected chi connectivity index (χ3v) is 4.56. The fourth-order valence-electron chi connectivity index (χ4n) is 3.17. The van der Waals surface area contributed by atoms with Gasteiger partial charge in [-0.05, 0) is 30.2 Å². The van der Waals surface area contributed by atoms with Crippen LogP contribution in [0.15, 0.2) is 30.3 Å². The fraction of sp³-hybridized carbons (Fsp3) is 0.625. The van der Waals surface area contributed by atoms with Crippen molar-refractivity contribution in [3.8, 4) is 0 Å². The summed E-state index contributed by atoms with van der Waals surface area (Å²) in [6, 6.07) is 6.56. The van der Waals surface area contributed by atoms with E-state index in [1.807, 2.05) is 0 Å². The zero-order valence-electron chi connectivity index (χ0n) is 11.8. The third kappa shape index (κ3) is 3.54. The number of hydrogen-bond donors (Lipinski definition) is 1. The van der Waals surface area contributed by atoms with Gasteiger partial charge in [0.25, 0.3) is 0 Å². The van der Waals surface area contributed by atoms with Crippen LogP contribution in [0.4, 0.5) is 13.2 Å². The minimum atomic E-state index is -4.26. The highest BCUT2D eigenvalue weighted by Gasteiger charge is 2.42. The van der Waals surface area contributed by atoms with Crippen LogP contribution in [0, 0.1) is 5.41 Å². The molecule has 1 fully saturated rings. The van der Waals surface area contributed by atoms with Crippen molar-refractivity contribution < 1.29 is 13.2 Å². The van der Waals surface area contributed by atoms with E-state index in [1.54, 1.807) is 30.3 Å². The van der Waals surface area contributed by atoms with Crippen molar-refractivity contribution in [3.05, 3.63) is 35.9 Å². The molecule has 20 heavy (non-hydrogen) atoms. The Morgan fingerprint density at radius 3 is 2.25 bits per heavy atom. The molecule has 1 saturated carbocycles. The lowest BCUT2D eigenvalue weighted by Crippen LogP contribution is -2.40. The minimum absolute atomic E-state index is 0.0538. The molecule has 112 valence electrons. The first-order valence-electron chi connectivity index (χ1n) is 7.32. The van der Waals surface area contributed by atoms with E-state index in [4.69, 9.17) is 0 Å². The first-order valence-corrected chi connectivity index (χ1v) is 7.32. The molecule has 1 aliphatic carbocycles. The van der Waals surface area contributed by atoms with Gasteiger partial charge in [-0.15, -0.1) is 0 Å². The van der Waals surface area contributed by atoms with E-state index in [9.17, 15) is 13.2 Å². The molecule has 0 heterocycles. The molecule has 2 rings (SSSR count). The first-order chi connectivity index (χ1) is 9.47. The highest BCUT2D eigenvalue weighted by atomic mass is 19.4. The van der Waals surface area contributed by atoms with Gasteiger partial charge >= 0.3 is 6.18 Å². The van der Waals surface area contributed by atoms with Crippen LogP contribution in [0.2, 0.25) is 0 Å². The Morgan fingerprint density at radius 2 is 1.75 bits per heavy atom. The summed E-state index contributed by atoms with van der Waals surface area (Å²) in [7, 11) is 0. The molecule has 0 bridgehead atoms. The van der Waals surface area contributed by atoms with Gasteiger partial charge in [-0.25, -0.2) is 0 Å². The van der Waals surface area contributed by atoms with Crippen LogP contribution >= 0.6 is 0 Å². The number of nitrogens with one attached hydrogen (secondary N) is 1. The summed E-state index contributed by atoms with van der Waals surface area (Å²) in [5.74, 6) is 0. The Balaban J connectivity index is 2.09. The molecule has 1 aliphatic rings. The summed E-state index contributed by atoms with van der Waals surface area (Å²) in [5.41, 5.74) is 0.349. The number of rotatable bonds is 5. The van der Waals surface area contributed by atoms with Crippen LogP contribution in [-0.4, -0.2) is 12.7 Å². The van der Waals surface area contributed by atoms with E-state index in [0.717, 1.165) is 32.1 Å². The van der Waals surface area contributed by atoms with Crippen LogP contribution < -0.4 is 5.32 Å². The number of halogens is 3. The van der Waals surface area contributed by atoms with Crippen molar-refractivity contribution in [1.82, 2.24) is 5.32 Å². The standard InChI is InChI=1S/C16H22F3N/c1-2-15(10-6-7-11-15)12-20-14(16(17,18)19)13-8-4-3-5-9-13/h3-5,8-9,14,20H,2,6-7,10-12H2,1H3. The summed E-state index contributed by atoms with van der Waals surface area (Å²) in [6.07, 6.45) is 1.04. The first kappa shape index (κ1) is 15.4. The Bertz CT molecular complexity index is 407. The van der Waals surface area contributed by atoms with Crippen molar-refractivity contribution in [3.63, 3.8) is 0 Å². The molecule has 0 saturated heterocycles. The molecule has 1 atom stereocenters. The number of benzene rings is 1. The van der Waals surface area contributed by atoms with Gasteiger partial charge < -0.3 is 5.32 Å². The Hall–Kier alpha value is -1.03. The van der Waals surface area contributed by atoms with Gasteiger partial charge in [0.15, 0.2) is 0 Å². The van der Waals surface area contributed by atoms with Gasteiger partial charge in [-0.3, -0.25) is 0 Å². The average Bonchev–Trinajstić information content (AvgIpc) is 2.88. The van der Waals surface area contributed by atoms with Crippen molar-refractivity contribution in [2.75, 3.05) is 6.54 Å². The Labute approximate surface area is 118 Å². The monoisotopic (exact) mass is 285 g/mol. The van der Waals surface area contributed by atoms with E-state index in [-0.39, 0.29) is 5.41 Å². The molecule has 1 aromatic carbocycles.